The molecule has 2 atom stereocenters. The number of nitrogens with one attached hydrogen (secondary N) is 1. The summed E-state index contributed by atoms with van der Waals surface area (Å²) in [6.07, 6.45) is 0.217. The summed E-state index contributed by atoms with van der Waals surface area (Å²) in [4.78, 5) is 1.61. The number of ether oxygens (including phenoxy) is 3. The van der Waals surface area contributed by atoms with Crippen LogP contribution >= 0.6 is 11.8 Å². The lowest BCUT2D eigenvalue weighted by Crippen LogP contribution is -3.15. The zero-order chi connectivity index (χ0) is 19.2. The van der Waals surface area contributed by atoms with Gasteiger partial charge in [0.15, 0.2) is 11.5 Å². The first-order chi connectivity index (χ1) is 13.1. The van der Waals surface area contributed by atoms with Crippen molar-refractivity contribution in [2.45, 2.75) is 25.2 Å². The number of hydrogen-bond donors (Lipinski definition) is 1. The summed E-state index contributed by atoms with van der Waals surface area (Å²) in [5.74, 6) is 3.28. The second-order valence-electron chi connectivity index (χ2n) is 7.05. The largest absolute Gasteiger partial charge is 0.493 e. The van der Waals surface area contributed by atoms with E-state index in [2.05, 4.69) is 24.0 Å². The minimum Gasteiger partial charge on any atom is -0.493 e. The van der Waals surface area contributed by atoms with Crippen LogP contribution in [-0.4, -0.2) is 62.5 Å². The number of methoxy groups -OCH3 is 2. The average Bonchev–Trinajstić information content (AvgIpc) is 3.14. The van der Waals surface area contributed by atoms with Gasteiger partial charge in [-0.25, -0.2) is 0 Å². The topological polar surface area (TPSA) is 71.1 Å². The first-order valence-corrected chi connectivity index (χ1v) is 10.2. The molecule has 1 aromatic carbocycles. The van der Waals surface area contributed by atoms with Gasteiger partial charge in [0.2, 0.25) is 5.89 Å². The molecule has 8 heteroatoms. The van der Waals surface area contributed by atoms with Crippen LogP contribution in [0.3, 0.4) is 0 Å². The summed E-state index contributed by atoms with van der Waals surface area (Å²) in [5.41, 5.74) is 0.800. The number of rotatable bonds is 8. The summed E-state index contributed by atoms with van der Waals surface area (Å²) >= 11 is 1.55. The molecule has 0 radical (unpaired) electrons. The van der Waals surface area contributed by atoms with Gasteiger partial charge in [-0.3, -0.25) is 0 Å². The van der Waals surface area contributed by atoms with Crippen molar-refractivity contribution >= 4 is 11.8 Å². The minimum atomic E-state index is 0.217. The molecule has 2 heterocycles. The predicted molar refractivity (Wildman–Crippen MR) is 104 cm³/mol. The van der Waals surface area contributed by atoms with Gasteiger partial charge in [0.1, 0.15) is 19.2 Å². The van der Waals surface area contributed by atoms with Crippen LogP contribution in [0.25, 0.3) is 11.5 Å². The maximum Gasteiger partial charge on any atom is 0.276 e. The van der Waals surface area contributed by atoms with Crippen molar-refractivity contribution in [1.29, 1.82) is 0 Å². The van der Waals surface area contributed by atoms with Crippen molar-refractivity contribution in [2.75, 3.05) is 46.2 Å². The number of thioether (sulfide) groups is 1. The Morgan fingerprint density at radius 2 is 2.04 bits per heavy atom. The molecule has 0 aliphatic carbocycles. The highest BCUT2D eigenvalue weighted by atomic mass is 32.2. The molecular formula is C19H28N3O4S+. The van der Waals surface area contributed by atoms with Crippen LogP contribution in [0.5, 0.6) is 11.5 Å². The van der Waals surface area contributed by atoms with Crippen LogP contribution in [-0.2, 0) is 4.74 Å². The Morgan fingerprint density at radius 1 is 1.22 bits per heavy atom. The molecule has 2 aromatic rings. The highest BCUT2D eigenvalue weighted by Gasteiger charge is 2.25. The lowest BCUT2D eigenvalue weighted by atomic mass is 10.2. The van der Waals surface area contributed by atoms with Gasteiger partial charge in [-0.05, 0) is 18.2 Å². The molecule has 1 saturated heterocycles. The zero-order valence-corrected chi connectivity index (χ0v) is 17.2. The Bertz CT molecular complexity index is 737. The third kappa shape index (κ3) is 5.37. The lowest BCUT2D eigenvalue weighted by Gasteiger charge is -2.30. The third-order valence-corrected chi connectivity index (χ3v) is 5.40. The number of morpholine rings is 1. The van der Waals surface area contributed by atoms with Crippen LogP contribution < -0.4 is 14.4 Å². The van der Waals surface area contributed by atoms with Gasteiger partial charge < -0.3 is 23.5 Å². The van der Waals surface area contributed by atoms with E-state index >= 15 is 0 Å². The summed E-state index contributed by atoms with van der Waals surface area (Å²) in [6, 6.07) is 5.53. The van der Waals surface area contributed by atoms with Gasteiger partial charge in [0.05, 0.1) is 27.4 Å². The number of aromatic nitrogens is 2. The normalized spacial score (nSPS) is 20.0. The van der Waals surface area contributed by atoms with E-state index in [-0.39, 0.29) is 6.10 Å². The van der Waals surface area contributed by atoms with Crippen LogP contribution in [0.2, 0.25) is 0 Å². The van der Waals surface area contributed by atoms with Gasteiger partial charge in [-0.2, -0.15) is 0 Å². The van der Waals surface area contributed by atoms with Gasteiger partial charge in [-0.1, -0.05) is 25.6 Å². The van der Waals surface area contributed by atoms with Gasteiger partial charge in [0, 0.05) is 17.2 Å². The molecule has 7 nitrogen and oxygen atoms in total. The molecule has 1 unspecified atom stereocenters. The lowest BCUT2D eigenvalue weighted by molar-refractivity contribution is -0.914. The molecule has 1 N–H and O–H groups in total. The number of hydrogen-bond acceptors (Lipinski definition) is 7. The van der Waals surface area contributed by atoms with Crippen LogP contribution in [0.1, 0.15) is 13.8 Å². The molecule has 0 spiro atoms. The van der Waals surface area contributed by atoms with E-state index in [4.69, 9.17) is 18.6 Å². The molecule has 1 aliphatic heterocycles. The van der Waals surface area contributed by atoms with Gasteiger partial charge in [-0.15, -0.1) is 10.2 Å². The van der Waals surface area contributed by atoms with Crippen LogP contribution in [0, 0.1) is 5.92 Å². The number of benzene rings is 1. The summed E-state index contributed by atoms with van der Waals surface area (Å²) in [5, 5.41) is 8.86. The molecule has 3 rings (SSSR count). The Kier molecular flexibility index (Phi) is 6.98. The standard InChI is InChI=1S/C19H27N3O4S/c1-13(2)10-22-7-8-25-15(11-22)12-27-19-21-20-18(26-19)14-5-6-16(23-3)17(9-14)24-4/h5-6,9,13,15H,7-8,10-12H2,1-4H3/p+1/t15-/m0/s1. The van der Waals surface area contributed by atoms with E-state index < -0.39 is 0 Å². The van der Waals surface area contributed by atoms with E-state index in [9.17, 15) is 0 Å². The first kappa shape index (κ1) is 20.0. The Balaban J connectivity index is 1.58. The summed E-state index contributed by atoms with van der Waals surface area (Å²) in [6.45, 7) is 8.65. The van der Waals surface area contributed by atoms with E-state index in [1.807, 2.05) is 18.2 Å². The fourth-order valence-electron chi connectivity index (χ4n) is 3.24. The molecule has 0 amide bonds. The number of quaternary nitrogens is 1. The molecule has 1 fully saturated rings. The molecule has 1 aliphatic rings. The van der Waals surface area contributed by atoms with Crippen molar-refractivity contribution in [3.8, 4) is 23.0 Å². The maximum atomic E-state index is 5.90. The smallest absolute Gasteiger partial charge is 0.276 e. The fourth-order valence-corrected chi connectivity index (χ4v) is 4.02. The minimum absolute atomic E-state index is 0.217. The van der Waals surface area contributed by atoms with Crippen molar-refractivity contribution < 1.29 is 23.5 Å². The fraction of sp³-hybridized carbons (Fsp3) is 0.579. The first-order valence-electron chi connectivity index (χ1n) is 9.23. The number of nitrogens with zero attached hydrogens (tertiary/aromatic N) is 2. The molecule has 27 heavy (non-hydrogen) atoms. The maximum absolute atomic E-state index is 5.90. The Morgan fingerprint density at radius 3 is 2.78 bits per heavy atom. The zero-order valence-electron chi connectivity index (χ0n) is 16.4. The van der Waals surface area contributed by atoms with E-state index in [0.717, 1.165) is 31.0 Å². The van der Waals surface area contributed by atoms with Crippen LogP contribution in [0.4, 0.5) is 0 Å². The SMILES string of the molecule is COc1ccc(-c2nnc(SC[C@@H]3C[NH+](CC(C)C)CCO3)o2)cc1OC. The Labute approximate surface area is 164 Å². The van der Waals surface area contributed by atoms with E-state index in [1.54, 1.807) is 30.9 Å². The summed E-state index contributed by atoms with van der Waals surface area (Å²) < 4.78 is 22.3. The molecular weight excluding hydrogens is 366 g/mol. The molecule has 148 valence electrons. The molecule has 0 bridgehead atoms. The highest BCUT2D eigenvalue weighted by Crippen LogP contribution is 2.32. The monoisotopic (exact) mass is 394 g/mol. The van der Waals surface area contributed by atoms with Gasteiger partial charge in [0.25, 0.3) is 5.22 Å². The second kappa shape index (κ2) is 9.43. The highest BCUT2D eigenvalue weighted by molar-refractivity contribution is 7.99. The van der Waals surface area contributed by atoms with Crippen molar-refractivity contribution in [2.24, 2.45) is 5.92 Å². The molecule has 1 aromatic heterocycles. The van der Waals surface area contributed by atoms with Gasteiger partial charge >= 0.3 is 0 Å². The molecule has 0 saturated carbocycles. The second-order valence-corrected chi connectivity index (χ2v) is 8.02. The Hall–Kier alpha value is -1.77. The van der Waals surface area contributed by atoms with Crippen molar-refractivity contribution in [1.82, 2.24) is 10.2 Å². The van der Waals surface area contributed by atoms with E-state index in [0.29, 0.717) is 28.5 Å². The van der Waals surface area contributed by atoms with Crippen molar-refractivity contribution in [3.05, 3.63) is 18.2 Å². The van der Waals surface area contributed by atoms with Crippen molar-refractivity contribution in [3.63, 3.8) is 0 Å². The summed E-state index contributed by atoms with van der Waals surface area (Å²) in [7, 11) is 3.21. The van der Waals surface area contributed by atoms with Crippen LogP contribution in [0.15, 0.2) is 27.8 Å². The quantitative estimate of drug-likeness (QED) is 0.685. The third-order valence-electron chi connectivity index (χ3n) is 4.45. The predicted octanol–water partition coefficient (Wildman–Crippen LogP) is 1.79. The van der Waals surface area contributed by atoms with E-state index in [1.165, 1.54) is 6.54 Å². The average molecular weight is 395 g/mol.